The summed E-state index contributed by atoms with van der Waals surface area (Å²) in [6, 6.07) is 10.5. The van der Waals surface area contributed by atoms with Gasteiger partial charge in [0.05, 0.1) is 13.7 Å². The summed E-state index contributed by atoms with van der Waals surface area (Å²) in [4.78, 5) is 0. The van der Waals surface area contributed by atoms with Gasteiger partial charge in [-0.1, -0.05) is 17.3 Å². The summed E-state index contributed by atoms with van der Waals surface area (Å²) < 4.78 is 42.8. The fourth-order valence-electron chi connectivity index (χ4n) is 3.00. The molecule has 3 heterocycles. The highest BCUT2D eigenvalue weighted by Crippen LogP contribution is 2.24. The summed E-state index contributed by atoms with van der Waals surface area (Å²) in [6.45, 7) is 0.637. The average molecular weight is 390 g/mol. The first kappa shape index (κ1) is 17.7. The summed E-state index contributed by atoms with van der Waals surface area (Å²) in [7, 11) is -2.03. The molecule has 0 amide bonds. The predicted octanol–water partition coefficient (Wildman–Crippen LogP) is 1.61. The van der Waals surface area contributed by atoms with E-state index in [1.165, 1.54) is 11.4 Å². The van der Waals surface area contributed by atoms with Crippen molar-refractivity contribution in [2.75, 3.05) is 20.2 Å². The highest BCUT2D eigenvalue weighted by Gasteiger charge is 2.33. The van der Waals surface area contributed by atoms with E-state index in [9.17, 15) is 8.42 Å². The van der Waals surface area contributed by atoms with E-state index in [0.29, 0.717) is 41.4 Å². The van der Waals surface area contributed by atoms with Crippen molar-refractivity contribution in [1.29, 1.82) is 0 Å². The van der Waals surface area contributed by atoms with Gasteiger partial charge in [0.2, 0.25) is 21.8 Å². The normalized spacial score (nSPS) is 18.0. The molecule has 142 valence electrons. The summed E-state index contributed by atoms with van der Waals surface area (Å²) >= 11 is 0. The monoisotopic (exact) mass is 390 g/mol. The molecule has 1 saturated heterocycles. The van der Waals surface area contributed by atoms with Gasteiger partial charge in [0, 0.05) is 24.1 Å². The van der Waals surface area contributed by atoms with Crippen LogP contribution in [0.5, 0.6) is 11.8 Å². The number of aromatic nitrogens is 3. The first-order valence-electron chi connectivity index (χ1n) is 8.40. The first-order chi connectivity index (χ1) is 13.0. The molecule has 1 fully saturated rings. The van der Waals surface area contributed by atoms with Crippen LogP contribution in [0, 0.1) is 0 Å². The number of benzene rings is 1. The second kappa shape index (κ2) is 7.12. The molecule has 3 aromatic rings. The lowest BCUT2D eigenvalue weighted by molar-refractivity contribution is 0.203. The van der Waals surface area contributed by atoms with E-state index < -0.39 is 10.0 Å². The van der Waals surface area contributed by atoms with Crippen molar-refractivity contribution in [2.45, 2.75) is 18.3 Å². The Balaban J connectivity index is 1.42. The zero-order chi connectivity index (χ0) is 18.9. The van der Waals surface area contributed by atoms with Crippen LogP contribution in [0.3, 0.4) is 0 Å². The topological polar surface area (TPSA) is 108 Å². The van der Waals surface area contributed by atoms with Gasteiger partial charge in [-0.05, 0) is 18.6 Å². The molecule has 1 aliphatic rings. The van der Waals surface area contributed by atoms with Crippen LogP contribution in [0.15, 0.2) is 40.9 Å². The van der Waals surface area contributed by atoms with Gasteiger partial charge in [-0.25, -0.2) is 8.42 Å². The van der Waals surface area contributed by atoms with Crippen molar-refractivity contribution in [2.24, 2.45) is 0 Å². The van der Waals surface area contributed by atoms with Gasteiger partial charge in [0.1, 0.15) is 17.6 Å². The van der Waals surface area contributed by atoms with Crippen LogP contribution >= 0.6 is 0 Å². The van der Waals surface area contributed by atoms with E-state index in [-0.39, 0.29) is 18.4 Å². The molecule has 9 nitrogen and oxygen atoms in total. The van der Waals surface area contributed by atoms with Crippen molar-refractivity contribution in [3.8, 4) is 11.8 Å². The van der Waals surface area contributed by atoms with Gasteiger partial charge >= 0.3 is 0 Å². The van der Waals surface area contributed by atoms with Crippen molar-refractivity contribution in [1.82, 2.24) is 19.7 Å². The molecular weight excluding hydrogens is 372 g/mol. The zero-order valence-electron chi connectivity index (χ0n) is 14.6. The second-order valence-electron chi connectivity index (χ2n) is 6.18. The van der Waals surface area contributed by atoms with Gasteiger partial charge in [0.25, 0.3) is 0 Å². The molecule has 0 spiro atoms. The molecule has 27 heavy (non-hydrogen) atoms. The van der Waals surface area contributed by atoms with E-state index in [4.69, 9.17) is 14.0 Å². The molecule has 0 N–H and O–H groups in total. The van der Waals surface area contributed by atoms with Crippen molar-refractivity contribution < 1.29 is 22.4 Å². The number of sulfonamides is 1. The van der Waals surface area contributed by atoms with Crippen LogP contribution in [0.25, 0.3) is 11.0 Å². The van der Waals surface area contributed by atoms with E-state index in [1.54, 1.807) is 24.3 Å². The number of fused-ring (bicyclic) bond motifs is 1. The summed E-state index contributed by atoms with van der Waals surface area (Å²) in [6.07, 6.45) is 0.295. The Morgan fingerprint density at radius 2 is 1.96 bits per heavy atom. The highest BCUT2D eigenvalue weighted by atomic mass is 32.2. The Kier molecular flexibility index (Phi) is 4.66. The highest BCUT2D eigenvalue weighted by molar-refractivity contribution is 7.88. The minimum absolute atomic E-state index is 0.209. The third-order valence-electron chi connectivity index (χ3n) is 4.38. The van der Waals surface area contributed by atoms with Crippen LogP contribution < -0.4 is 9.47 Å². The molecule has 2 aromatic heterocycles. The molecule has 1 unspecified atom stereocenters. The van der Waals surface area contributed by atoms with Crippen molar-refractivity contribution in [3.63, 3.8) is 0 Å². The molecule has 1 atom stereocenters. The number of methoxy groups -OCH3 is 1. The second-order valence-corrected chi connectivity index (χ2v) is 8.15. The molecule has 0 radical (unpaired) electrons. The molecule has 10 heteroatoms. The Labute approximate surface area is 155 Å². The van der Waals surface area contributed by atoms with Gasteiger partial charge in [-0.2, -0.15) is 4.31 Å². The number of rotatable bonds is 6. The fourth-order valence-corrected chi connectivity index (χ4v) is 4.52. The van der Waals surface area contributed by atoms with Gasteiger partial charge < -0.3 is 14.0 Å². The van der Waals surface area contributed by atoms with Gasteiger partial charge in [0.15, 0.2) is 5.58 Å². The quantitative estimate of drug-likeness (QED) is 0.625. The SMILES string of the molecule is COc1ccc(OC2CCN(S(=O)(=O)Cc3noc4ccccc34)C2)nn1. The smallest absolute Gasteiger partial charge is 0.233 e. The number of ether oxygens (including phenoxy) is 2. The predicted molar refractivity (Wildman–Crippen MR) is 95.8 cm³/mol. The Hall–Kier alpha value is -2.72. The molecule has 0 bridgehead atoms. The average Bonchev–Trinajstić information content (AvgIpc) is 3.30. The van der Waals surface area contributed by atoms with Gasteiger partial charge in [-0.3, -0.25) is 0 Å². The fraction of sp³-hybridized carbons (Fsp3) is 0.353. The number of hydrogen-bond acceptors (Lipinski definition) is 8. The zero-order valence-corrected chi connectivity index (χ0v) is 15.4. The van der Waals surface area contributed by atoms with E-state index in [0.717, 1.165) is 0 Å². The molecule has 0 saturated carbocycles. The lowest BCUT2D eigenvalue weighted by atomic mass is 10.2. The van der Waals surface area contributed by atoms with Gasteiger partial charge in [-0.15, -0.1) is 10.2 Å². The Bertz CT molecular complexity index is 1030. The molecule has 0 aliphatic carbocycles. The summed E-state index contributed by atoms with van der Waals surface area (Å²) in [5.41, 5.74) is 0.986. The largest absolute Gasteiger partial charge is 0.480 e. The lowest BCUT2D eigenvalue weighted by Gasteiger charge is -2.16. The minimum atomic E-state index is -3.54. The number of nitrogens with zero attached hydrogens (tertiary/aromatic N) is 4. The third-order valence-corrected chi connectivity index (χ3v) is 6.14. The minimum Gasteiger partial charge on any atom is -0.480 e. The summed E-state index contributed by atoms with van der Waals surface area (Å²) in [5, 5.41) is 12.4. The molecular formula is C17H18N4O5S. The molecule has 1 aliphatic heterocycles. The van der Waals surface area contributed by atoms with Crippen molar-refractivity contribution >= 4 is 21.0 Å². The van der Waals surface area contributed by atoms with Crippen LogP contribution in [-0.4, -0.2) is 54.4 Å². The maximum absolute atomic E-state index is 12.8. The van der Waals surface area contributed by atoms with E-state index >= 15 is 0 Å². The van der Waals surface area contributed by atoms with E-state index in [1.807, 2.05) is 12.1 Å². The van der Waals surface area contributed by atoms with Crippen LogP contribution in [-0.2, 0) is 15.8 Å². The maximum atomic E-state index is 12.8. The van der Waals surface area contributed by atoms with Crippen LogP contribution in [0.4, 0.5) is 0 Å². The third kappa shape index (κ3) is 3.71. The summed E-state index contributed by atoms with van der Waals surface area (Å²) in [5.74, 6) is 0.513. The number of hydrogen-bond donors (Lipinski definition) is 0. The standard InChI is InChI=1S/C17H18N4O5S/c1-24-16-6-7-17(19-18-16)25-12-8-9-21(10-12)27(22,23)11-14-13-4-2-3-5-15(13)26-20-14/h2-7,12H,8-11H2,1H3. The maximum Gasteiger partial charge on any atom is 0.233 e. The van der Waals surface area contributed by atoms with E-state index in [2.05, 4.69) is 15.4 Å². The Morgan fingerprint density at radius 3 is 2.74 bits per heavy atom. The molecule has 1 aromatic carbocycles. The molecule has 4 rings (SSSR count). The van der Waals surface area contributed by atoms with Crippen LogP contribution in [0.1, 0.15) is 12.1 Å². The Morgan fingerprint density at radius 1 is 1.19 bits per heavy atom. The van der Waals surface area contributed by atoms with Crippen molar-refractivity contribution in [3.05, 3.63) is 42.1 Å². The number of para-hydroxylation sites is 1. The van der Waals surface area contributed by atoms with Crippen LogP contribution in [0.2, 0.25) is 0 Å². The first-order valence-corrected chi connectivity index (χ1v) is 10.0. The lowest BCUT2D eigenvalue weighted by Crippen LogP contribution is -2.32.